The van der Waals surface area contributed by atoms with Crippen LogP contribution in [0, 0.1) is 5.82 Å². The van der Waals surface area contributed by atoms with Crippen LogP contribution in [0.1, 0.15) is 16.1 Å². The molecular formula is C22H18FN5O3. The molecule has 0 unspecified atom stereocenters. The molecule has 1 amide bonds. The second kappa shape index (κ2) is 7.05. The maximum Gasteiger partial charge on any atom is 0.280 e. The average molecular weight is 419 g/mol. The summed E-state index contributed by atoms with van der Waals surface area (Å²) in [5.74, 6) is -1.08. The van der Waals surface area contributed by atoms with Crippen molar-refractivity contribution < 1.29 is 14.3 Å². The SMILES string of the molecule is CN1CCn2c(c(O)c3c(=O)n(Cc4ccc(F)cc4)nc(-c4ccncc4)c32)C1=O. The summed E-state index contributed by atoms with van der Waals surface area (Å²) in [5.41, 5.74) is 1.80. The Hall–Kier alpha value is -4.01. The number of hydrogen-bond donors (Lipinski definition) is 1. The van der Waals surface area contributed by atoms with Gasteiger partial charge in [-0.15, -0.1) is 0 Å². The molecule has 0 spiro atoms. The van der Waals surface area contributed by atoms with Crippen LogP contribution in [0.2, 0.25) is 0 Å². The van der Waals surface area contributed by atoms with E-state index in [2.05, 4.69) is 10.1 Å². The van der Waals surface area contributed by atoms with E-state index in [-0.39, 0.29) is 35.1 Å². The highest BCUT2D eigenvalue weighted by Gasteiger charge is 2.32. The number of nitrogens with zero attached hydrogens (tertiary/aromatic N) is 5. The molecule has 1 aliphatic heterocycles. The van der Waals surface area contributed by atoms with Crippen molar-refractivity contribution in [1.82, 2.24) is 24.2 Å². The lowest BCUT2D eigenvalue weighted by molar-refractivity contribution is 0.0747. The summed E-state index contributed by atoms with van der Waals surface area (Å²) >= 11 is 0. The Morgan fingerprint density at radius 1 is 1.06 bits per heavy atom. The molecular weight excluding hydrogens is 401 g/mol. The Labute approximate surface area is 175 Å². The first-order valence-corrected chi connectivity index (χ1v) is 9.72. The van der Waals surface area contributed by atoms with E-state index in [0.717, 1.165) is 0 Å². The molecule has 0 saturated carbocycles. The maximum absolute atomic E-state index is 13.3. The molecule has 9 heteroatoms. The predicted octanol–water partition coefficient (Wildman–Crippen LogP) is 2.24. The number of carbonyl (C=O) groups is 1. The van der Waals surface area contributed by atoms with Gasteiger partial charge in [-0.1, -0.05) is 12.1 Å². The number of likely N-dealkylation sites (N-methyl/N-ethyl adjacent to an activating group) is 1. The molecule has 4 aromatic rings. The number of aromatic nitrogens is 4. The van der Waals surface area contributed by atoms with Crippen LogP contribution in [0.3, 0.4) is 0 Å². The first-order chi connectivity index (χ1) is 15.0. The number of rotatable bonds is 3. The highest BCUT2D eigenvalue weighted by atomic mass is 19.1. The largest absolute Gasteiger partial charge is 0.505 e. The van der Waals surface area contributed by atoms with Crippen molar-refractivity contribution in [3.63, 3.8) is 0 Å². The monoisotopic (exact) mass is 419 g/mol. The molecule has 156 valence electrons. The first kappa shape index (κ1) is 19.0. The van der Waals surface area contributed by atoms with Gasteiger partial charge < -0.3 is 14.6 Å². The molecule has 1 aliphatic rings. The summed E-state index contributed by atoms with van der Waals surface area (Å²) in [6, 6.07) is 9.27. The van der Waals surface area contributed by atoms with Crippen LogP contribution >= 0.6 is 0 Å². The number of aromatic hydroxyl groups is 1. The van der Waals surface area contributed by atoms with E-state index in [1.165, 1.54) is 21.7 Å². The van der Waals surface area contributed by atoms with Crippen LogP contribution in [0.15, 0.2) is 53.6 Å². The Morgan fingerprint density at radius 2 is 1.77 bits per heavy atom. The van der Waals surface area contributed by atoms with Gasteiger partial charge in [0, 0.05) is 38.1 Å². The molecule has 0 radical (unpaired) electrons. The molecule has 5 rings (SSSR count). The Morgan fingerprint density at radius 3 is 2.48 bits per heavy atom. The fourth-order valence-corrected chi connectivity index (χ4v) is 3.94. The van der Waals surface area contributed by atoms with Gasteiger partial charge in [0.15, 0.2) is 11.4 Å². The van der Waals surface area contributed by atoms with Crippen LogP contribution < -0.4 is 5.56 Å². The van der Waals surface area contributed by atoms with Crippen LogP contribution in [0.25, 0.3) is 22.2 Å². The normalized spacial score (nSPS) is 13.6. The number of benzene rings is 1. The summed E-state index contributed by atoms with van der Waals surface area (Å²) in [6.07, 6.45) is 3.22. The summed E-state index contributed by atoms with van der Waals surface area (Å²) in [4.78, 5) is 31.6. The molecule has 0 fully saturated rings. The highest BCUT2D eigenvalue weighted by Crippen LogP contribution is 2.37. The number of halogens is 1. The third-order valence-corrected chi connectivity index (χ3v) is 5.54. The fourth-order valence-electron chi connectivity index (χ4n) is 3.94. The zero-order valence-electron chi connectivity index (χ0n) is 16.6. The molecule has 3 aromatic heterocycles. The highest BCUT2D eigenvalue weighted by molar-refractivity contribution is 6.07. The molecule has 31 heavy (non-hydrogen) atoms. The lowest BCUT2D eigenvalue weighted by atomic mass is 10.1. The van der Waals surface area contributed by atoms with Crippen molar-refractivity contribution in [2.24, 2.45) is 0 Å². The lowest BCUT2D eigenvalue weighted by Crippen LogP contribution is -2.37. The van der Waals surface area contributed by atoms with Gasteiger partial charge in [0.1, 0.15) is 16.9 Å². The minimum Gasteiger partial charge on any atom is -0.505 e. The van der Waals surface area contributed by atoms with E-state index in [4.69, 9.17) is 0 Å². The minimum atomic E-state index is -0.521. The standard InChI is InChI=1S/C22H18FN5O3/c1-26-10-11-27-18-16(20(29)19(27)22(26)31)21(30)28(12-13-2-4-15(23)5-3-13)25-17(18)14-6-8-24-9-7-14/h2-9,29H,10-12H2,1H3. The van der Waals surface area contributed by atoms with Gasteiger partial charge in [0.25, 0.3) is 11.5 Å². The Balaban J connectivity index is 1.82. The third kappa shape index (κ3) is 2.97. The smallest absolute Gasteiger partial charge is 0.280 e. The zero-order chi connectivity index (χ0) is 21.7. The van der Waals surface area contributed by atoms with Crippen LogP contribution in [-0.2, 0) is 13.1 Å². The maximum atomic E-state index is 13.3. The van der Waals surface area contributed by atoms with Crippen molar-refractivity contribution in [1.29, 1.82) is 0 Å². The summed E-state index contributed by atoms with van der Waals surface area (Å²) in [5, 5.41) is 15.6. The molecule has 8 nitrogen and oxygen atoms in total. The number of hydrogen-bond acceptors (Lipinski definition) is 5. The van der Waals surface area contributed by atoms with Gasteiger partial charge in [0.2, 0.25) is 0 Å². The van der Waals surface area contributed by atoms with E-state index in [1.807, 2.05) is 0 Å². The van der Waals surface area contributed by atoms with Gasteiger partial charge in [-0.05, 0) is 29.8 Å². The molecule has 0 bridgehead atoms. The average Bonchev–Trinajstić information content (AvgIpc) is 3.08. The van der Waals surface area contributed by atoms with E-state index in [0.29, 0.717) is 35.4 Å². The Kier molecular flexibility index (Phi) is 4.32. The molecule has 1 N–H and O–H groups in total. The van der Waals surface area contributed by atoms with E-state index in [9.17, 15) is 19.1 Å². The van der Waals surface area contributed by atoms with E-state index < -0.39 is 5.56 Å². The number of pyridine rings is 1. The van der Waals surface area contributed by atoms with Crippen molar-refractivity contribution in [2.45, 2.75) is 13.1 Å². The predicted molar refractivity (Wildman–Crippen MR) is 111 cm³/mol. The molecule has 0 atom stereocenters. The van der Waals surface area contributed by atoms with Crippen LogP contribution in [0.4, 0.5) is 4.39 Å². The van der Waals surface area contributed by atoms with Crippen molar-refractivity contribution in [2.75, 3.05) is 13.6 Å². The van der Waals surface area contributed by atoms with Crippen molar-refractivity contribution in [3.05, 3.63) is 76.2 Å². The molecule has 1 aromatic carbocycles. The lowest BCUT2D eigenvalue weighted by Gasteiger charge is -2.25. The zero-order valence-corrected chi connectivity index (χ0v) is 16.6. The van der Waals surface area contributed by atoms with Gasteiger partial charge in [-0.2, -0.15) is 5.10 Å². The number of amides is 1. The quantitative estimate of drug-likeness (QED) is 0.550. The van der Waals surface area contributed by atoms with Gasteiger partial charge in [-0.3, -0.25) is 14.6 Å². The van der Waals surface area contributed by atoms with Crippen molar-refractivity contribution >= 4 is 16.8 Å². The second-order valence-electron chi connectivity index (χ2n) is 7.47. The first-order valence-electron chi connectivity index (χ1n) is 9.72. The molecule has 0 aliphatic carbocycles. The fraction of sp³-hybridized carbons (Fsp3) is 0.182. The number of fused-ring (bicyclic) bond motifs is 3. The summed E-state index contributed by atoms with van der Waals surface area (Å²) in [6.45, 7) is 0.959. The molecule has 4 heterocycles. The summed E-state index contributed by atoms with van der Waals surface area (Å²) in [7, 11) is 1.65. The minimum absolute atomic E-state index is 0.0440. The summed E-state index contributed by atoms with van der Waals surface area (Å²) < 4.78 is 16.2. The topological polar surface area (TPSA) is 93.2 Å². The van der Waals surface area contributed by atoms with Crippen molar-refractivity contribution in [3.8, 4) is 17.0 Å². The van der Waals surface area contributed by atoms with Crippen LogP contribution in [-0.4, -0.2) is 48.8 Å². The third-order valence-electron chi connectivity index (χ3n) is 5.54. The van der Waals surface area contributed by atoms with E-state index in [1.54, 1.807) is 48.3 Å². The van der Waals surface area contributed by atoms with Gasteiger partial charge >= 0.3 is 0 Å². The van der Waals surface area contributed by atoms with Crippen LogP contribution in [0.5, 0.6) is 5.75 Å². The Bertz CT molecular complexity index is 1380. The molecule has 0 saturated heterocycles. The second-order valence-corrected chi connectivity index (χ2v) is 7.47. The van der Waals surface area contributed by atoms with E-state index >= 15 is 0 Å². The number of carbonyl (C=O) groups excluding carboxylic acids is 1. The van der Waals surface area contributed by atoms with Gasteiger partial charge in [-0.25, -0.2) is 9.07 Å². The van der Waals surface area contributed by atoms with Gasteiger partial charge in [0.05, 0.1) is 12.1 Å².